The Kier molecular flexibility index (Phi) is 4.77. The summed E-state index contributed by atoms with van der Waals surface area (Å²) in [5, 5.41) is 3.88. The molecule has 100 valence electrons. The summed E-state index contributed by atoms with van der Waals surface area (Å²) in [7, 11) is 3.99. The summed E-state index contributed by atoms with van der Waals surface area (Å²) in [5.74, 6) is 0. The van der Waals surface area contributed by atoms with Crippen LogP contribution in [0, 0.1) is 0 Å². The fourth-order valence-corrected chi connectivity index (χ4v) is 2.19. The number of nitrogens with zero attached hydrogens (tertiary/aromatic N) is 2. The Balaban J connectivity index is 2.11. The Morgan fingerprint density at radius 1 is 1.26 bits per heavy atom. The summed E-state index contributed by atoms with van der Waals surface area (Å²) >= 11 is 6.00. The number of rotatable bonds is 5. The van der Waals surface area contributed by atoms with Crippen LogP contribution in [0.25, 0.3) is 0 Å². The Morgan fingerprint density at radius 3 is 2.84 bits per heavy atom. The molecule has 4 heteroatoms. The van der Waals surface area contributed by atoms with Crippen LogP contribution < -0.4 is 10.2 Å². The van der Waals surface area contributed by atoms with Crippen LogP contribution in [0.1, 0.15) is 11.3 Å². The van der Waals surface area contributed by atoms with Gasteiger partial charge in [-0.2, -0.15) is 0 Å². The third-order valence-corrected chi connectivity index (χ3v) is 3.14. The van der Waals surface area contributed by atoms with Gasteiger partial charge in [0.15, 0.2) is 0 Å². The molecule has 0 aliphatic carbocycles. The third kappa shape index (κ3) is 3.94. The zero-order valence-electron chi connectivity index (χ0n) is 11.2. The lowest BCUT2D eigenvalue weighted by Gasteiger charge is -2.20. The average molecular weight is 276 g/mol. The Morgan fingerprint density at radius 2 is 2.11 bits per heavy atom. The molecule has 0 aliphatic rings. The lowest BCUT2D eigenvalue weighted by Crippen LogP contribution is -2.17. The second-order valence-electron chi connectivity index (χ2n) is 4.52. The largest absolute Gasteiger partial charge is 0.370 e. The second kappa shape index (κ2) is 6.55. The molecule has 0 unspecified atom stereocenters. The van der Waals surface area contributed by atoms with Gasteiger partial charge in [0.05, 0.1) is 5.69 Å². The highest BCUT2D eigenvalue weighted by Crippen LogP contribution is 2.17. The van der Waals surface area contributed by atoms with Crippen LogP contribution in [-0.4, -0.2) is 19.1 Å². The van der Waals surface area contributed by atoms with Crippen LogP contribution in [-0.2, 0) is 13.1 Å². The highest BCUT2D eigenvalue weighted by atomic mass is 35.5. The average Bonchev–Trinajstić information content (AvgIpc) is 2.39. The highest BCUT2D eigenvalue weighted by Gasteiger charge is 2.04. The lowest BCUT2D eigenvalue weighted by atomic mass is 10.2. The van der Waals surface area contributed by atoms with Crippen molar-refractivity contribution in [1.82, 2.24) is 10.3 Å². The number of aromatic nitrogens is 1. The number of benzene rings is 1. The maximum absolute atomic E-state index is 6.00. The van der Waals surface area contributed by atoms with Gasteiger partial charge in [-0.05, 0) is 36.9 Å². The fourth-order valence-electron chi connectivity index (χ4n) is 1.98. The SMILES string of the molecule is CNCc1cc(N(C)Cc2cccc(Cl)c2)ccn1. The first-order valence-corrected chi connectivity index (χ1v) is 6.62. The Bertz CT molecular complexity index is 542. The molecule has 1 aromatic carbocycles. The van der Waals surface area contributed by atoms with Crippen molar-refractivity contribution in [3.63, 3.8) is 0 Å². The summed E-state index contributed by atoms with van der Waals surface area (Å²) in [5.41, 5.74) is 3.39. The first-order valence-electron chi connectivity index (χ1n) is 6.24. The number of hydrogen-bond acceptors (Lipinski definition) is 3. The van der Waals surface area contributed by atoms with Gasteiger partial charge < -0.3 is 10.2 Å². The smallest absolute Gasteiger partial charge is 0.0562 e. The van der Waals surface area contributed by atoms with E-state index < -0.39 is 0 Å². The van der Waals surface area contributed by atoms with Crippen molar-refractivity contribution in [2.45, 2.75) is 13.1 Å². The van der Waals surface area contributed by atoms with Gasteiger partial charge in [0.2, 0.25) is 0 Å². The normalized spacial score (nSPS) is 10.5. The van der Waals surface area contributed by atoms with Gasteiger partial charge in [-0.1, -0.05) is 23.7 Å². The number of hydrogen-bond donors (Lipinski definition) is 1. The maximum atomic E-state index is 6.00. The van der Waals surface area contributed by atoms with Crippen molar-refractivity contribution >= 4 is 17.3 Å². The molecule has 1 N–H and O–H groups in total. The van der Waals surface area contributed by atoms with Crippen molar-refractivity contribution in [3.05, 3.63) is 58.9 Å². The van der Waals surface area contributed by atoms with Crippen LogP contribution in [0.2, 0.25) is 5.02 Å². The van der Waals surface area contributed by atoms with E-state index in [-0.39, 0.29) is 0 Å². The molecule has 0 radical (unpaired) electrons. The monoisotopic (exact) mass is 275 g/mol. The van der Waals surface area contributed by atoms with E-state index in [4.69, 9.17) is 11.6 Å². The molecule has 1 heterocycles. The quantitative estimate of drug-likeness (QED) is 0.909. The summed E-state index contributed by atoms with van der Waals surface area (Å²) in [4.78, 5) is 6.51. The molecule has 0 amide bonds. The number of anilines is 1. The van der Waals surface area contributed by atoms with E-state index >= 15 is 0 Å². The third-order valence-electron chi connectivity index (χ3n) is 2.91. The molecule has 2 rings (SSSR count). The van der Waals surface area contributed by atoms with Gasteiger partial charge in [0, 0.05) is 37.0 Å². The maximum Gasteiger partial charge on any atom is 0.0562 e. The van der Waals surface area contributed by atoms with Gasteiger partial charge in [-0.15, -0.1) is 0 Å². The summed E-state index contributed by atoms with van der Waals surface area (Å²) in [6.45, 7) is 1.60. The van der Waals surface area contributed by atoms with E-state index in [1.165, 1.54) is 5.56 Å². The van der Waals surface area contributed by atoms with Crippen LogP contribution in [0.3, 0.4) is 0 Å². The molecular formula is C15H18ClN3. The molecule has 2 aromatic rings. The highest BCUT2D eigenvalue weighted by molar-refractivity contribution is 6.30. The van der Waals surface area contributed by atoms with Crippen LogP contribution >= 0.6 is 11.6 Å². The van der Waals surface area contributed by atoms with Gasteiger partial charge in [0.25, 0.3) is 0 Å². The first-order chi connectivity index (χ1) is 9.19. The molecule has 0 saturated heterocycles. The topological polar surface area (TPSA) is 28.2 Å². The standard InChI is InChI=1S/C15H18ClN3/c1-17-10-14-9-15(6-7-18-14)19(2)11-12-4-3-5-13(16)8-12/h3-9,17H,10-11H2,1-2H3. The number of halogens is 1. The number of pyridine rings is 1. The summed E-state index contributed by atoms with van der Waals surface area (Å²) in [6.07, 6.45) is 1.84. The van der Waals surface area contributed by atoms with Crippen LogP contribution in [0.5, 0.6) is 0 Å². The van der Waals surface area contributed by atoms with Crippen molar-refractivity contribution in [2.24, 2.45) is 0 Å². The van der Waals surface area contributed by atoms with Gasteiger partial charge in [-0.25, -0.2) is 0 Å². The number of nitrogens with one attached hydrogen (secondary N) is 1. The predicted octanol–water partition coefficient (Wildman–Crippen LogP) is 3.09. The molecule has 0 spiro atoms. The molecule has 19 heavy (non-hydrogen) atoms. The first kappa shape index (κ1) is 13.8. The summed E-state index contributed by atoms with van der Waals surface area (Å²) in [6, 6.07) is 12.1. The lowest BCUT2D eigenvalue weighted by molar-refractivity contribution is 0.788. The minimum absolute atomic E-state index is 0.775. The van der Waals surface area contributed by atoms with Crippen LogP contribution in [0.15, 0.2) is 42.6 Å². The summed E-state index contributed by atoms with van der Waals surface area (Å²) < 4.78 is 0. The zero-order chi connectivity index (χ0) is 13.7. The molecule has 3 nitrogen and oxygen atoms in total. The minimum atomic E-state index is 0.775. The van der Waals surface area contributed by atoms with E-state index in [1.807, 2.05) is 37.5 Å². The Hall–Kier alpha value is -1.58. The van der Waals surface area contributed by atoms with E-state index in [9.17, 15) is 0 Å². The van der Waals surface area contributed by atoms with Crippen molar-refractivity contribution in [3.8, 4) is 0 Å². The fraction of sp³-hybridized carbons (Fsp3) is 0.267. The van der Waals surface area contributed by atoms with Crippen molar-refractivity contribution < 1.29 is 0 Å². The minimum Gasteiger partial charge on any atom is -0.370 e. The van der Waals surface area contributed by atoms with Gasteiger partial charge >= 0.3 is 0 Å². The molecule has 0 fully saturated rings. The predicted molar refractivity (Wildman–Crippen MR) is 80.6 cm³/mol. The molecule has 0 atom stereocenters. The molecule has 1 aromatic heterocycles. The van der Waals surface area contributed by atoms with Crippen molar-refractivity contribution in [2.75, 3.05) is 19.0 Å². The zero-order valence-corrected chi connectivity index (χ0v) is 12.0. The second-order valence-corrected chi connectivity index (χ2v) is 4.96. The van der Waals surface area contributed by atoms with Gasteiger partial charge in [-0.3, -0.25) is 4.98 Å². The van der Waals surface area contributed by atoms with E-state index in [0.717, 1.165) is 29.5 Å². The van der Waals surface area contributed by atoms with Crippen LogP contribution in [0.4, 0.5) is 5.69 Å². The Labute approximate surface area is 119 Å². The molecule has 0 saturated carbocycles. The van der Waals surface area contributed by atoms with E-state index in [0.29, 0.717) is 0 Å². The molecule has 0 bridgehead atoms. The van der Waals surface area contributed by atoms with Gasteiger partial charge in [0.1, 0.15) is 0 Å². The van der Waals surface area contributed by atoms with E-state index in [1.54, 1.807) is 0 Å². The van der Waals surface area contributed by atoms with Crippen molar-refractivity contribution in [1.29, 1.82) is 0 Å². The van der Waals surface area contributed by atoms with E-state index in [2.05, 4.69) is 34.4 Å². The molecule has 0 aliphatic heterocycles. The molecular weight excluding hydrogens is 258 g/mol.